The van der Waals surface area contributed by atoms with Crippen LogP contribution in [0.2, 0.25) is 0 Å². The number of nitrogens with zero attached hydrogens (tertiary/aromatic N) is 2. The summed E-state index contributed by atoms with van der Waals surface area (Å²) < 4.78 is 30.1. The first kappa shape index (κ1) is 18.1. The number of aryl methyl sites for hydroxylation is 2. The van der Waals surface area contributed by atoms with Crippen molar-refractivity contribution in [3.8, 4) is 34.0 Å². The smallest absolute Gasteiger partial charge is 0.357 e. The minimum absolute atomic E-state index is 0.149. The third-order valence-electron chi connectivity index (χ3n) is 4.35. The molecule has 2 N–H and O–H groups in total. The fourth-order valence-electron chi connectivity index (χ4n) is 2.77. The second kappa shape index (κ2) is 7.27. The molecule has 3 rings (SSSR count). The van der Waals surface area contributed by atoms with Crippen LogP contribution in [0.15, 0.2) is 30.3 Å². The Hall–Kier alpha value is -2.71. The van der Waals surface area contributed by atoms with Crippen molar-refractivity contribution in [3.05, 3.63) is 47.0 Å². The molecule has 0 bridgehead atoms. The van der Waals surface area contributed by atoms with Crippen LogP contribution in [0.25, 0.3) is 22.5 Å². The van der Waals surface area contributed by atoms with Crippen LogP contribution >= 0.6 is 0 Å². The van der Waals surface area contributed by atoms with Crippen molar-refractivity contribution in [3.63, 3.8) is 0 Å². The second-order valence-corrected chi connectivity index (χ2v) is 6.52. The highest BCUT2D eigenvalue weighted by Gasteiger charge is 2.17. The minimum Gasteiger partial charge on any atom is -0.493 e. The first-order valence-corrected chi connectivity index (χ1v) is 8.90. The van der Waals surface area contributed by atoms with Crippen LogP contribution in [0.3, 0.4) is 0 Å². The molecule has 0 aliphatic heterocycles. The van der Waals surface area contributed by atoms with E-state index < -0.39 is 11.4 Å². The predicted molar refractivity (Wildman–Crippen MR) is 99.4 cm³/mol. The Kier molecular flexibility index (Phi) is 5.06. The Bertz CT molecular complexity index is 961. The maximum Gasteiger partial charge on any atom is 0.357 e. The highest BCUT2D eigenvalue weighted by molar-refractivity contribution is 7.74. The molecular weight excluding hydrogens is 354 g/mol. The molecular formula is C18H19N3O4S. The van der Waals surface area contributed by atoms with Crippen molar-refractivity contribution in [2.75, 3.05) is 7.11 Å². The van der Waals surface area contributed by atoms with E-state index in [2.05, 4.69) is 48.3 Å². The molecule has 0 amide bonds. The molecule has 1 heterocycles. The van der Waals surface area contributed by atoms with E-state index in [4.69, 9.17) is 13.5 Å². The van der Waals surface area contributed by atoms with E-state index in [0.29, 0.717) is 22.7 Å². The summed E-state index contributed by atoms with van der Waals surface area (Å²) in [4.78, 5) is 0. The van der Waals surface area contributed by atoms with Crippen molar-refractivity contribution < 1.29 is 17.7 Å². The van der Waals surface area contributed by atoms with E-state index in [0.717, 1.165) is 5.56 Å². The number of hydrogen-bond donors (Lipinski definition) is 2. The molecule has 0 radical (unpaired) electrons. The maximum atomic E-state index is 11.0. The van der Waals surface area contributed by atoms with Crippen molar-refractivity contribution in [2.45, 2.75) is 20.8 Å². The average molecular weight is 373 g/mol. The summed E-state index contributed by atoms with van der Waals surface area (Å²) in [5.41, 5.74) is 6.52. The van der Waals surface area contributed by atoms with Crippen LogP contribution < -0.4 is 8.92 Å². The summed E-state index contributed by atoms with van der Waals surface area (Å²) in [6.07, 6.45) is 0. The number of aromatic nitrogens is 3. The molecule has 8 heteroatoms. The van der Waals surface area contributed by atoms with Gasteiger partial charge in [0.05, 0.1) is 7.11 Å². The fourth-order valence-corrected chi connectivity index (χ4v) is 3.06. The van der Waals surface area contributed by atoms with Gasteiger partial charge >= 0.3 is 11.4 Å². The monoisotopic (exact) mass is 373 g/mol. The Morgan fingerprint density at radius 2 is 1.58 bits per heavy atom. The van der Waals surface area contributed by atoms with Crippen LogP contribution in [0, 0.1) is 20.8 Å². The lowest BCUT2D eigenvalue weighted by Gasteiger charge is -2.10. The lowest BCUT2D eigenvalue weighted by Crippen LogP contribution is -2.00. The summed E-state index contributed by atoms with van der Waals surface area (Å²) in [5, 5.41) is 11.2. The van der Waals surface area contributed by atoms with Gasteiger partial charge in [0.15, 0.2) is 11.5 Å². The number of rotatable bonds is 5. The SMILES string of the molecule is COc1ccc(-c2n[nH]nc2-c2cc(C)c(C)c(C)c2)cc1OS(=O)O. The highest BCUT2D eigenvalue weighted by Crippen LogP contribution is 2.36. The zero-order chi connectivity index (χ0) is 18.8. The van der Waals surface area contributed by atoms with Gasteiger partial charge in [-0.2, -0.15) is 19.6 Å². The molecule has 7 nitrogen and oxygen atoms in total. The normalized spacial score (nSPS) is 12.0. The molecule has 3 aromatic rings. The second-order valence-electron chi connectivity index (χ2n) is 5.92. The third-order valence-corrected chi connectivity index (χ3v) is 4.67. The van der Waals surface area contributed by atoms with Gasteiger partial charge in [0.2, 0.25) is 0 Å². The van der Waals surface area contributed by atoms with Gasteiger partial charge in [-0.3, -0.25) is 4.55 Å². The van der Waals surface area contributed by atoms with Gasteiger partial charge in [-0.25, -0.2) is 0 Å². The molecule has 0 aliphatic carbocycles. The highest BCUT2D eigenvalue weighted by atomic mass is 32.2. The molecule has 0 spiro atoms. The minimum atomic E-state index is -2.46. The van der Waals surface area contributed by atoms with Crippen molar-refractivity contribution in [1.29, 1.82) is 0 Å². The number of aromatic amines is 1. The van der Waals surface area contributed by atoms with Crippen LogP contribution in [-0.2, 0) is 11.4 Å². The van der Waals surface area contributed by atoms with E-state index in [1.807, 2.05) is 0 Å². The van der Waals surface area contributed by atoms with Gasteiger partial charge in [-0.05, 0) is 67.8 Å². The Labute approximate surface area is 153 Å². The topological polar surface area (TPSA) is 97.3 Å². The molecule has 26 heavy (non-hydrogen) atoms. The Morgan fingerprint density at radius 1 is 0.962 bits per heavy atom. The predicted octanol–water partition coefficient (Wildman–Crippen LogP) is 3.59. The quantitative estimate of drug-likeness (QED) is 0.664. The number of benzene rings is 2. The number of methoxy groups -OCH3 is 1. The first-order valence-electron chi connectivity index (χ1n) is 7.87. The average Bonchev–Trinajstić information content (AvgIpc) is 3.08. The summed E-state index contributed by atoms with van der Waals surface area (Å²) in [5.74, 6) is 0.499. The van der Waals surface area contributed by atoms with Crippen molar-refractivity contribution >= 4 is 11.4 Å². The zero-order valence-electron chi connectivity index (χ0n) is 14.9. The van der Waals surface area contributed by atoms with Gasteiger partial charge in [0.25, 0.3) is 0 Å². The van der Waals surface area contributed by atoms with Crippen LogP contribution in [0.1, 0.15) is 16.7 Å². The number of hydrogen-bond acceptors (Lipinski definition) is 5. The Balaban J connectivity index is 2.10. The van der Waals surface area contributed by atoms with Gasteiger partial charge in [-0.1, -0.05) is 0 Å². The van der Waals surface area contributed by atoms with Gasteiger partial charge in [0.1, 0.15) is 11.4 Å². The van der Waals surface area contributed by atoms with Gasteiger partial charge in [0, 0.05) is 11.1 Å². The molecule has 0 aliphatic rings. The van der Waals surface area contributed by atoms with Crippen LogP contribution in [0.4, 0.5) is 0 Å². The van der Waals surface area contributed by atoms with Crippen molar-refractivity contribution in [1.82, 2.24) is 15.4 Å². The molecule has 0 saturated carbocycles. The largest absolute Gasteiger partial charge is 0.493 e. The maximum absolute atomic E-state index is 11.0. The fraction of sp³-hybridized carbons (Fsp3) is 0.222. The Morgan fingerprint density at radius 3 is 2.15 bits per heavy atom. The van der Waals surface area contributed by atoms with Gasteiger partial charge in [-0.15, -0.1) is 0 Å². The molecule has 1 unspecified atom stereocenters. The van der Waals surface area contributed by atoms with E-state index in [1.165, 1.54) is 23.8 Å². The summed E-state index contributed by atoms with van der Waals surface area (Å²) in [7, 11) is 1.46. The van der Waals surface area contributed by atoms with E-state index in [1.54, 1.807) is 18.2 Å². The zero-order valence-corrected chi connectivity index (χ0v) is 15.7. The van der Waals surface area contributed by atoms with Crippen LogP contribution in [-0.4, -0.2) is 31.3 Å². The molecule has 1 atom stereocenters. The lowest BCUT2D eigenvalue weighted by molar-refractivity contribution is 0.386. The summed E-state index contributed by atoms with van der Waals surface area (Å²) in [6.45, 7) is 6.20. The lowest BCUT2D eigenvalue weighted by atomic mass is 9.97. The van der Waals surface area contributed by atoms with Gasteiger partial charge < -0.3 is 8.92 Å². The summed E-state index contributed by atoms with van der Waals surface area (Å²) in [6, 6.07) is 9.17. The van der Waals surface area contributed by atoms with Crippen LogP contribution in [0.5, 0.6) is 11.5 Å². The van der Waals surface area contributed by atoms with Crippen molar-refractivity contribution in [2.24, 2.45) is 0 Å². The molecule has 1 aromatic heterocycles. The first-order chi connectivity index (χ1) is 12.4. The molecule has 136 valence electrons. The molecule has 2 aromatic carbocycles. The number of H-pyrrole nitrogens is 1. The van der Waals surface area contributed by atoms with E-state index in [9.17, 15) is 4.21 Å². The van der Waals surface area contributed by atoms with E-state index >= 15 is 0 Å². The third kappa shape index (κ3) is 3.47. The molecule has 0 fully saturated rings. The summed E-state index contributed by atoms with van der Waals surface area (Å²) >= 11 is -2.46. The number of nitrogens with one attached hydrogen (secondary N) is 1. The van der Waals surface area contributed by atoms with E-state index in [-0.39, 0.29) is 5.75 Å². The number of ether oxygens (including phenoxy) is 1. The standard InChI is InChI=1S/C18H19N3O4S/c1-10-7-14(8-11(2)12(10)3)18-17(19-21-20-18)13-5-6-15(24-4)16(9-13)25-26(22)23/h5-9H,1-4H3,(H,22,23)(H,19,20,21). The molecule has 0 saturated heterocycles.